The molecule has 0 spiro atoms. The Morgan fingerprint density at radius 1 is 1.29 bits per heavy atom. The van der Waals surface area contributed by atoms with Crippen molar-refractivity contribution in [3.05, 3.63) is 18.2 Å². The van der Waals surface area contributed by atoms with Crippen molar-refractivity contribution in [3.8, 4) is 5.75 Å². The summed E-state index contributed by atoms with van der Waals surface area (Å²) >= 11 is 0. The van der Waals surface area contributed by atoms with Gasteiger partial charge in [0.1, 0.15) is 5.75 Å². The smallest absolute Gasteiger partial charge is 0.123 e. The van der Waals surface area contributed by atoms with Crippen LogP contribution in [0.2, 0.25) is 0 Å². The zero-order valence-corrected chi connectivity index (χ0v) is 10.8. The van der Waals surface area contributed by atoms with Crippen LogP contribution in [0.5, 0.6) is 5.75 Å². The molecule has 0 aromatic heterocycles. The van der Waals surface area contributed by atoms with E-state index in [-0.39, 0.29) is 0 Å². The highest BCUT2D eigenvalue weighted by atomic mass is 16.5. The van der Waals surface area contributed by atoms with E-state index >= 15 is 0 Å². The quantitative estimate of drug-likeness (QED) is 0.814. The Hall–Kier alpha value is -1.38. The molecule has 2 rings (SSSR count). The van der Waals surface area contributed by atoms with Gasteiger partial charge in [0.25, 0.3) is 0 Å². The second kappa shape index (κ2) is 5.30. The number of benzene rings is 1. The molecule has 0 amide bonds. The molecule has 1 aromatic rings. The second-order valence-electron chi connectivity index (χ2n) is 4.74. The predicted molar refractivity (Wildman–Crippen MR) is 72.7 cm³/mol. The zero-order chi connectivity index (χ0) is 12.3. The van der Waals surface area contributed by atoms with Crippen LogP contribution >= 0.6 is 0 Å². The van der Waals surface area contributed by atoms with Gasteiger partial charge in [0, 0.05) is 36.6 Å². The highest BCUT2D eigenvalue weighted by Gasteiger charge is 2.20. The number of nitrogens with two attached hydrogens (primary N) is 1. The minimum atomic E-state index is 0.659. The van der Waals surface area contributed by atoms with Crippen LogP contribution in [0.3, 0.4) is 0 Å². The van der Waals surface area contributed by atoms with E-state index in [0.717, 1.165) is 11.4 Å². The van der Waals surface area contributed by atoms with Crippen LogP contribution in [0.15, 0.2) is 18.2 Å². The summed E-state index contributed by atoms with van der Waals surface area (Å²) in [4.78, 5) is 2.34. The largest absolute Gasteiger partial charge is 0.494 e. The van der Waals surface area contributed by atoms with Crippen LogP contribution in [0.4, 0.5) is 11.4 Å². The van der Waals surface area contributed by atoms with Crippen molar-refractivity contribution in [2.45, 2.75) is 38.6 Å². The van der Waals surface area contributed by atoms with Gasteiger partial charge in [0.15, 0.2) is 0 Å². The van der Waals surface area contributed by atoms with E-state index in [2.05, 4.69) is 18.0 Å². The van der Waals surface area contributed by atoms with Gasteiger partial charge in [-0.25, -0.2) is 0 Å². The third kappa shape index (κ3) is 2.84. The van der Waals surface area contributed by atoms with E-state index in [1.165, 1.54) is 31.4 Å². The van der Waals surface area contributed by atoms with Crippen molar-refractivity contribution >= 4 is 11.4 Å². The molecule has 1 fully saturated rings. The van der Waals surface area contributed by atoms with Gasteiger partial charge in [-0.2, -0.15) is 0 Å². The molecule has 1 aliphatic carbocycles. The summed E-state index contributed by atoms with van der Waals surface area (Å²) < 4.78 is 5.53. The Morgan fingerprint density at radius 2 is 2.00 bits per heavy atom. The standard InChI is InChI=1S/C14H22N2O/c1-3-17-14-9-11(15)8-13(10-14)16(2)12-6-4-5-7-12/h8-10,12H,3-7,15H2,1-2H3. The van der Waals surface area contributed by atoms with Crippen LogP contribution in [0.25, 0.3) is 0 Å². The van der Waals surface area contributed by atoms with E-state index < -0.39 is 0 Å². The Labute approximate surface area is 104 Å². The van der Waals surface area contributed by atoms with Crippen LogP contribution in [-0.2, 0) is 0 Å². The highest BCUT2D eigenvalue weighted by molar-refractivity contribution is 5.60. The number of ether oxygens (including phenoxy) is 1. The molecular weight excluding hydrogens is 212 g/mol. The Balaban J connectivity index is 2.18. The monoisotopic (exact) mass is 234 g/mol. The lowest BCUT2D eigenvalue weighted by atomic mass is 10.2. The average Bonchev–Trinajstić information content (AvgIpc) is 2.81. The number of rotatable bonds is 4. The minimum absolute atomic E-state index is 0.659. The van der Waals surface area contributed by atoms with Crippen LogP contribution < -0.4 is 15.4 Å². The van der Waals surface area contributed by atoms with Crippen molar-refractivity contribution in [1.82, 2.24) is 0 Å². The maximum atomic E-state index is 5.92. The molecule has 0 bridgehead atoms. The van der Waals surface area contributed by atoms with Crippen molar-refractivity contribution in [2.75, 3.05) is 24.3 Å². The summed E-state index contributed by atoms with van der Waals surface area (Å²) in [6.45, 7) is 2.67. The van der Waals surface area contributed by atoms with E-state index in [1.54, 1.807) is 0 Å². The first-order chi connectivity index (χ1) is 8.20. The van der Waals surface area contributed by atoms with Gasteiger partial charge in [-0.1, -0.05) is 12.8 Å². The fourth-order valence-electron chi connectivity index (χ4n) is 2.56. The van der Waals surface area contributed by atoms with Gasteiger partial charge >= 0.3 is 0 Å². The maximum Gasteiger partial charge on any atom is 0.123 e. The third-order valence-electron chi connectivity index (χ3n) is 3.50. The average molecular weight is 234 g/mol. The van der Waals surface area contributed by atoms with Crippen molar-refractivity contribution in [1.29, 1.82) is 0 Å². The second-order valence-corrected chi connectivity index (χ2v) is 4.74. The number of nitrogen functional groups attached to an aromatic ring is 1. The molecule has 3 nitrogen and oxygen atoms in total. The normalized spacial score (nSPS) is 16.1. The first-order valence-electron chi connectivity index (χ1n) is 6.47. The minimum Gasteiger partial charge on any atom is -0.494 e. The van der Waals surface area contributed by atoms with E-state index in [0.29, 0.717) is 12.6 Å². The Kier molecular flexibility index (Phi) is 3.77. The van der Waals surface area contributed by atoms with E-state index in [1.807, 2.05) is 19.1 Å². The molecule has 0 unspecified atom stereocenters. The summed E-state index contributed by atoms with van der Waals surface area (Å²) in [5.41, 5.74) is 7.86. The van der Waals surface area contributed by atoms with Crippen LogP contribution in [-0.4, -0.2) is 19.7 Å². The molecule has 0 radical (unpaired) electrons. The van der Waals surface area contributed by atoms with Crippen LogP contribution in [0, 0.1) is 0 Å². The van der Waals surface area contributed by atoms with Gasteiger partial charge in [0.2, 0.25) is 0 Å². The van der Waals surface area contributed by atoms with Gasteiger partial charge in [0.05, 0.1) is 6.61 Å². The van der Waals surface area contributed by atoms with Crippen molar-refractivity contribution in [3.63, 3.8) is 0 Å². The molecule has 94 valence electrons. The van der Waals surface area contributed by atoms with Gasteiger partial charge in [-0.15, -0.1) is 0 Å². The van der Waals surface area contributed by atoms with Gasteiger partial charge in [-0.3, -0.25) is 0 Å². The predicted octanol–water partition coefficient (Wildman–Crippen LogP) is 3.05. The van der Waals surface area contributed by atoms with Gasteiger partial charge in [-0.05, 0) is 25.8 Å². The molecule has 1 saturated carbocycles. The molecule has 1 aromatic carbocycles. The maximum absolute atomic E-state index is 5.92. The highest BCUT2D eigenvalue weighted by Crippen LogP contribution is 2.30. The molecule has 0 atom stereocenters. The SMILES string of the molecule is CCOc1cc(N)cc(N(C)C2CCCC2)c1. The molecule has 0 saturated heterocycles. The third-order valence-corrected chi connectivity index (χ3v) is 3.50. The number of anilines is 2. The first kappa shape index (κ1) is 12.1. The molecule has 3 heteroatoms. The Morgan fingerprint density at radius 3 is 2.65 bits per heavy atom. The summed E-state index contributed by atoms with van der Waals surface area (Å²) in [5.74, 6) is 0.868. The van der Waals surface area contributed by atoms with Gasteiger partial charge < -0.3 is 15.4 Å². The van der Waals surface area contributed by atoms with E-state index in [9.17, 15) is 0 Å². The summed E-state index contributed by atoms with van der Waals surface area (Å²) in [6.07, 6.45) is 5.26. The molecule has 0 aliphatic heterocycles. The molecule has 2 N–H and O–H groups in total. The van der Waals surface area contributed by atoms with Crippen molar-refractivity contribution in [2.24, 2.45) is 0 Å². The molecule has 1 aliphatic rings. The number of hydrogen-bond donors (Lipinski definition) is 1. The Bertz CT molecular complexity index is 372. The zero-order valence-electron chi connectivity index (χ0n) is 10.8. The van der Waals surface area contributed by atoms with Crippen LogP contribution in [0.1, 0.15) is 32.6 Å². The summed E-state index contributed by atoms with van der Waals surface area (Å²) in [5, 5.41) is 0. The fourth-order valence-corrected chi connectivity index (χ4v) is 2.56. The number of nitrogens with zero attached hydrogens (tertiary/aromatic N) is 1. The molecule has 17 heavy (non-hydrogen) atoms. The molecule has 0 heterocycles. The first-order valence-corrected chi connectivity index (χ1v) is 6.47. The number of hydrogen-bond acceptors (Lipinski definition) is 3. The fraction of sp³-hybridized carbons (Fsp3) is 0.571. The summed E-state index contributed by atoms with van der Waals surface area (Å²) in [6, 6.07) is 6.65. The van der Waals surface area contributed by atoms with E-state index in [4.69, 9.17) is 10.5 Å². The lowest BCUT2D eigenvalue weighted by molar-refractivity contribution is 0.340. The summed E-state index contributed by atoms with van der Waals surface area (Å²) in [7, 11) is 2.15. The molecular formula is C14H22N2O. The van der Waals surface area contributed by atoms with Crippen molar-refractivity contribution < 1.29 is 4.74 Å². The topological polar surface area (TPSA) is 38.5 Å². The lowest BCUT2D eigenvalue weighted by Crippen LogP contribution is -2.28. The lowest BCUT2D eigenvalue weighted by Gasteiger charge is -2.27.